The fraction of sp³-hybridized carbons (Fsp3) is 0.0811. The van der Waals surface area contributed by atoms with Gasteiger partial charge in [-0.05, 0) is 49.1 Å². The third kappa shape index (κ3) is 5.42. The van der Waals surface area contributed by atoms with Gasteiger partial charge in [0.15, 0.2) is 5.82 Å². The first kappa shape index (κ1) is 24.5. The van der Waals surface area contributed by atoms with Gasteiger partial charge in [0.1, 0.15) is 0 Å². The molecule has 0 aliphatic heterocycles. The second-order valence-electron chi connectivity index (χ2n) is 10.2. The van der Waals surface area contributed by atoms with Crippen LogP contribution in [0.4, 0.5) is 0 Å². The first-order valence-electron chi connectivity index (χ1n) is 13.3. The van der Waals surface area contributed by atoms with E-state index in [1.54, 1.807) is 0 Å². The van der Waals surface area contributed by atoms with Crippen molar-refractivity contribution in [3.8, 4) is 56.2 Å². The van der Waals surface area contributed by atoms with Gasteiger partial charge < -0.3 is 0 Å². The molecule has 0 spiro atoms. The maximum atomic E-state index is 5.01. The molecule has 188 valence electrons. The maximum absolute atomic E-state index is 5.01. The van der Waals surface area contributed by atoms with Gasteiger partial charge in [-0.15, -0.1) is 0 Å². The van der Waals surface area contributed by atoms with Gasteiger partial charge >= 0.3 is 0 Å². The zero-order valence-corrected chi connectivity index (χ0v) is 22.5. The minimum absolute atomic E-state index is 0.729. The van der Waals surface area contributed by atoms with Crippen molar-refractivity contribution in [3.63, 3.8) is 0 Å². The van der Waals surface area contributed by atoms with E-state index in [1.165, 1.54) is 38.9 Å². The summed E-state index contributed by atoms with van der Waals surface area (Å²) in [6.45, 7) is 6.32. The number of benzene rings is 5. The summed E-state index contributed by atoms with van der Waals surface area (Å²) in [5, 5.41) is 0. The zero-order chi connectivity index (χ0) is 26.8. The van der Waals surface area contributed by atoms with Crippen LogP contribution in [0.15, 0.2) is 127 Å². The van der Waals surface area contributed by atoms with Gasteiger partial charge in [-0.2, -0.15) is 0 Å². The number of hydrogen-bond acceptors (Lipinski definition) is 2. The minimum atomic E-state index is 0.729. The van der Waals surface area contributed by atoms with Crippen molar-refractivity contribution in [1.29, 1.82) is 0 Å². The highest BCUT2D eigenvalue weighted by Gasteiger charge is 2.11. The van der Waals surface area contributed by atoms with Crippen molar-refractivity contribution in [2.24, 2.45) is 0 Å². The molecule has 2 nitrogen and oxygen atoms in total. The van der Waals surface area contributed by atoms with E-state index in [0.717, 1.165) is 33.9 Å². The molecule has 6 rings (SSSR count). The molecule has 1 heterocycles. The van der Waals surface area contributed by atoms with E-state index in [4.69, 9.17) is 9.97 Å². The molecule has 39 heavy (non-hydrogen) atoms. The second kappa shape index (κ2) is 10.5. The SMILES string of the molecule is Cc1ccc(-c2ccc(-c3cc(-c4ccc(-c5ccc(C)cc5)cc4)nc(-c4ccc(C)cc4)n3)cc2)cc1. The Balaban J connectivity index is 1.40. The Bertz CT molecular complexity index is 1600. The molecule has 0 saturated carbocycles. The van der Waals surface area contributed by atoms with E-state index in [-0.39, 0.29) is 0 Å². The molecule has 2 heteroatoms. The molecule has 0 amide bonds. The molecule has 1 aromatic heterocycles. The monoisotopic (exact) mass is 502 g/mol. The highest BCUT2D eigenvalue weighted by molar-refractivity contribution is 5.75. The Labute approximate surface area is 230 Å². The first-order chi connectivity index (χ1) is 19.0. The summed E-state index contributed by atoms with van der Waals surface area (Å²) in [5.41, 5.74) is 13.5. The van der Waals surface area contributed by atoms with E-state index in [2.05, 4.69) is 148 Å². The van der Waals surface area contributed by atoms with Gasteiger partial charge in [-0.1, -0.05) is 138 Å². The normalized spacial score (nSPS) is 10.9. The zero-order valence-electron chi connectivity index (χ0n) is 22.5. The van der Waals surface area contributed by atoms with Crippen LogP contribution in [0.5, 0.6) is 0 Å². The van der Waals surface area contributed by atoms with E-state index < -0.39 is 0 Å². The van der Waals surface area contributed by atoms with E-state index >= 15 is 0 Å². The largest absolute Gasteiger partial charge is 0.228 e. The van der Waals surface area contributed by atoms with Crippen molar-refractivity contribution in [3.05, 3.63) is 144 Å². The molecule has 5 aromatic carbocycles. The Hall–Kier alpha value is -4.82. The van der Waals surface area contributed by atoms with Crippen LogP contribution in [0, 0.1) is 20.8 Å². The summed E-state index contributed by atoms with van der Waals surface area (Å²) in [4.78, 5) is 10.0. The van der Waals surface area contributed by atoms with Crippen molar-refractivity contribution < 1.29 is 0 Å². The lowest BCUT2D eigenvalue weighted by Crippen LogP contribution is -1.96. The quantitative estimate of drug-likeness (QED) is 0.234. The fourth-order valence-corrected chi connectivity index (χ4v) is 4.73. The molecular weight excluding hydrogens is 472 g/mol. The van der Waals surface area contributed by atoms with E-state index in [1.807, 2.05) is 0 Å². The number of nitrogens with zero attached hydrogens (tertiary/aromatic N) is 2. The van der Waals surface area contributed by atoms with Crippen LogP contribution in [0.3, 0.4) is 0 Å². The van der Waals surface area contributed by atoms with Gasteiger partial charge in [0.05, 0.1) is 11.4 Å². The van der Waals surface area contributed by atoms with Crippen molar-refractivity contribution in [1.82, 2.24) is 9.97 Å². The van der Waals surface area contributed by atoms with Crippen LogP contribution < -0.4 is 0 Å². The number of aryl methyl sites for hydroxylation is 3. The van der Waals surface area contributed by atoms with Crippen LogP contribution in [0.2, 0.25) is 0 Å². The van der Waals surface area contributed by atoms with Crippen molar-refractivity contribution >= 4 is 0 Å². The molecule has 0 unspecified atom stereocenters. The lowest BCUT2D eigenvalue weighted by Gasteiger charge is -2.11. The van der Waals surface area contributed by atoms with Crippen molar-refractivity contribution in [2.45, 2.75) is 20.8 Å². The Morgan fingerprint density at radius 1 is 0.308 bits per heavy atom. The third-order valence-electron chi connectivity index (χ3n) is 7.17. The van der Waals surface area contributed by atoms with Crippen LogP contribution in [0.1, 0.15) is 16.7 Å². The summed E-state index contributed by atoms with van der Waals surface area (Å²) in [6, 6.07) is 45.1. The summed E-state index contributed by atoms with van der Waals surface area (Å²) < 4.78 is 0. The smallest absolute Gasteiger partial charge is 0.160 e. The van der Waals surface area contributed by atoms with Gasteiger partial charge in [0, 0.05) is 16.7 Å². The summed E-state index contributed by atoms with van der Waals surface area (Å²) in [6.07, 6.45) is 0. The molecule has 0 N–H and O–H groups in total. The van der Waals surface area contributed by atoms with Gasteiger partial charge in [0.25, 0.3) is 0 Å². The number of rotatable bonds is 5. The van der Waals surface area contributed by atoms with Crippen LogP contribution in [-0.2, 0) is 0 Å². The molecule has 6 aromatic rings. The highest BCUT2D eigenvalue weighted by atomic mass is 14.9. The van der Waals surface area contributed by atoms with Crippen LogP contribution >= 0.6 is 0 Å². The van der Waals surface area contributed by atoms with Crippen molar-refractivity contribution in [2.75, 3.05) is 0 Å². The molecule has 0 atom stereocenters. The lowest BCUT2D eigenvalue weighted by molar-refractivity contribution is 1.18. The molecule has 0 bridgehead atoms. The predicted molar refractivity (Wildman–Crippen MR) is 163 cm³/mol. The number of aromatic nitrogens is 2. The second-order valence-corrected chi connectivity index (χ2v) is 10.2. The van der Waals surface area contributed by atoms with Crippen LogP contribution in [-0.4, -0.2) is 9.97 Å². The fourth-order valence-electron chi connectivity index (χ4n) is 4.73. The Kier molecular flexibility index (Phi) is 6.61. The lowest BCUT2D eigenvalue weighted by atomic mass is 9.99. The topological polar surface area (TPSA) is 25.8 Å². The Morgan fingerprint density at radius 3 is 0.897 bits per heavy atom. The molecule has 0 aliphatic carbocycles. The Morgan fingerprint density at radius 2 is 0.564 bits per heavy atom. The minimum Gasteiger partial charge on any atom is -0.228 e. The van der Waals surface area contributed by atoms with Gasteiger partial charge in [-0.3, -0.25) is 0 Å². The molecule has 0 fully saturated rings. The maximum Gasteiger partial charge on any atom is 0.160 e. The number of hydrogen-bond donors (Lipinski definition) is 0. The highest BCUT2D eigenvalue weighted by Crippen LogP contribution is 2.31. The molecular formula is C37H30N2. The molecule has 0 radical (unpaired) electrons. The molecule has 0 saturated heterocycles. The standard InChI is InChI=1S/C37H30N2/c1-25-4-10-28(11-5-25)30-16-20-32(21-17-30)35-24-36(39-37(38-35)34-14-8-27(3)9-15-34)33-22-18-31(19-23-33)29-12-6-26(2)7-13-29/h4-24H,1-3H3. The van der Waals surface area contributed by atoms with Gasteiger partial charge in [0.2, 0.25) is 0 Å². The predicted octanol–water partition coefficient (Wildman–Crippen LogP) is 9.74. The van der Waals surface area contributed by atoms with E-state index in [0.29, 0.717) is 0 Å². The van der Waals surface area contributed by atoms with E-state index in [9.17, 15) is 0 Å². The van der Waals surface area contributed by atoms with Crippen LogP contribution in [0.25, 0.3) is 56.2 Å². The summed E-state index contributed by atoms with van der Waals surface area (Å²) in [5.74, 6) is 0.729. The average molecular weight is 503 g/mol. The molecule has 0 aliphatic rings. The third-order valence-corrected chi connectivity index (χ3v) is 7.17. The first-order valence-corrected chi connectivity index (χ1v) is 13.3. The average Bonchev–Trinajstić information content (AvgIpc) is 2.98. The summed E-state index contributed by atoms with van der Waals surface area (Å²) in [7, 11) is 0. The van der Waals surface area contributed by atoms with Gasteiger partial charge in [-0.25, -0.2) is 9.97 Å². The summed E-state index contributed by atoms with van der Waals surface area (Å²) >= 11 is 0.